The molecule has 0 saturated carbocycles. The van der Waals surface area contributed by atoms with Gasteiger partial charge in [0.25, 0.3) is 15.0 Å². The van der Waals surface area contributed by atoms with Crippen molar-refractivity contribution in [1.82, 2.24) is 10.3 Å². The lowest BCUT2D eigenvalue weighted by molar-refractivity contribution is -0.118. The van der Waals surface area contributed by atoms with Crippen LogP contribution in [0.3, 0.4) is 0 Å². The summed E-state index contributed by atoms with van der Waals surface area (Å²) < 4.78 is 35.7. The Hall–Kier alpha value is -3.30. The Morgan fingerprint density at radius 2 is 1.68 bits per heavy atom. The standard InChI is InChI=1S/C21H17ClFN3O4S/c22-31(29,30)19-11-10-17(13-24-19)25-21(28)18(12-14-4-2-1-3-5-14)26-20(27)15-6-8-16(23)9-7-15/h1-11,13,18H,12H2,(H,25,28)(H,26,27)/t18-/m0/s1. The largest absolute Gasteiger partial charge is 0.340 e. The maximum Gasteiger partial charge on any atom is 0.278 e. The van der Waals surface area contributed by atoms with E-state index in [-0.39, 0.29) is 22.7 Å². The second kappa shape index (κ2) is 9.67. The molecule has 1 heterocycles. The predicted octanol–water partition coefficient (Wildman–Crippen LogP) is 3.13. The van der Waals surface area contributed by atoms with Gasteiger partial charge >= 0.3 is 0 Å². The van der Waals surface area contributed by atoms with Crippen LogP contribution in [-0.4, -0.2) is 31.3 Å². The molecule has 10 heteroatoms. The molecule has 0 saturated heterocycles. The first-order chi connectivity index (χ1) is 14.7. The van der Waals surface area contributed by atoms with E-state index in [1.54, 1.807) is 12.1 Å². The van der Waals surface area contributed by atoms with Crippen LogP contribution in [0.1, 0.15) is 15.9 Å². The van der Waals surface area contributed by atoms with Crippen molar-refractivity contribution < 1.29 is 22.4 Å². The van der Waals surface area contributed by atoms with Crippen molar-refractivity contribution in [3.63, 3.8) is 0 Å². The summed E-state index contributed by atoms with van der Waals surface area (Å²) in [6, 6.07) is 15.5. The van der Waals surface area contributed by atoms with Crippen molar-refractivity contribution in [3.8, 4) is 0 Å². The summed E-state index contributed by atoms with van der Waals surface area (Å²) in [5.74, 6) is -1.56. The maximum atomic E-state index is 13.1. The predicted molar refractivity (Wildman–Crippen MR) is 114 cm³/mol. The Balaban J connectivity index is 1.78. The fourth-order valence-corrected chi connectivity index (χ4v) is 3.41. The molecule has 0 unspecified atom stereocenters. The zero-order chi connectivity index (χ0) is 22.4. The molecule has 7 nitrogen and oxygen atoms in total. The van der Waals surface area contributed by atoms with Gasteiger partial charge < -0.3 is 10.6 Å². The number of amides is 2. The molecule has 3 rings (SSSR count). The summed E-state index contributed by atoms with van der Waals surface area (Å²) in [5.41, 5.74) is 1.23. The van der Waals surface area contributed by atoms with Gasteiger partial charge in [0, 0.05) is 22.7 Å². The van der Waals surface area contributed by atoms with E-state index in [0.717, 1.165) is 30.0 Å². The summed E-state index contributed by atoms with van der Waals surface area (Å²) in [7, 11) is 1.24. The number of carbonyl (C=O) groups is 2. The number of rotatable bonds is 7. The number of halogens is 2. The summed E-state index contributed by atoms with van der Waals surface area (Å²) in [6.45, 7) is 0. The Bertz CT molecular complexity index is 1170. The highest BCUT2D eigenvalue weighted by atomic mass is 35.7. The average Bonchev–Trinajstić information content (AvgIpc) is 2.74. The average molecular weight is 462 g/mol. The zero-order valence-corrected chi connectivity index (χ0v) is 17.5. The number of hydrogen-bond donors (Lipinski definition) is 2. The molecule has 1 atom stereocenters. The number of anilines is 1. The number of nitrogens with zero attached hydrogens (tertiary/aromatic N) is 1. The quantitative estimate of drug-likeness (QED) is 0.526. The summed E-state index contributed by atoms with van der Waals surface area (Å²) in [5, 5.41) is 4.89. The van der Waals surface area contributed by atoms with Gasteiger partial charge in [0.1, 0.15) is 11.9 Å². The molecule has 0 fully saturated rings. The van der Waals surface area contributed by atoms with Crippen LogP contribution in [0.15, 0.2) is 78.0 Å². The monoisotopic (exact) mass is 461 g/mol. The third kappa shape index (κ3) is 6.34. The number of hydrogen-bond acceptors (Lipinski definition) is 5. The minimum absolute atomic E-state index is 0.196. The van der Waals surface area contributed by atoms with Crippen LogP contribution in [0.25, 0.3) is 0 Å². The van der Waals surface area contributed by atoms with Gasteiger partial charge in [0.05, 0.1) is 11.9 Å². The first kappa shape index (κ1) is 22.4. The van der Waals surface area contributed by atoms with Gasteiger partial charge in [0.15, 0.2) is 5.03 Å². The number of aromatic nitrogens is 1. The van der Waals surface area contributed by atoms with E-state index in [1.807, 2.05) is 18.2 Å². The van der Waals surface area contributed by atoms with Crippen LogP contribution >= 0.6 is 10.7 Å². The Morgan fingerprint density at radius 3 is 2.26 bits per heavy atom. The molecule has 0 aliphatic carbocycles. The molecule has 0 aliphatic rings. The fourth-order valence-electron chi connectivity index (χ4n) is 2.73. The topological polar surface area (TPSA) is 105 Å². The van der Waals surface area contributed by atoms with E-state index in [9.17, 15) is 22.4 Å². The van der Waals surface area contributed by atoms with Gasteiger partial charge in [-0.15, -0.1) is 0 Å². The minimum Gasteiger partial charge on any atom is -0.340 e. The van der Waals surface area contributed by atoms with Gasteiger partial charge in [-0.2, -0.15) is 0 Å². The second-order valence-electron chi connectivity index (χ2n) is 6.53. The van der Waals surface area contributed by atoms with E-state index in [0.29, 0.717) is 0 Å². The van der Waals surface area contributed by atoms with E-state index >= 15 is 0 Å². The van der Waals surface area contributed by atoms with Gasteiger partial charge in [-0.05, 0) is 42.0 Å². The Labute approximate surface area is 182 Å². The highest BCUT2D eigenvalue weighted by molar-refractivity contribution is 8.13. The first-order valence-electron chi connectivity index (χ1n) is 9.04. The molecule has 2 N–H and O–H groups in total. The van der Waals surface area contributed by atoms with Crippen molar-refractivity contribution in [2.24, 2.45) is 0 Å². The molecule has 160 valence electrons. The van der Waals surface area contributed by atoms with Crippen molar-refractivity contribution in [2.45, 2.75) is 17.5 Å². The molecule has 0 radical (unpaired) electrons. The molecule has 0 spiro atoms. The van der Waals surface area contributed by atoms with E-state index in [2.05, 4.69) is 15.6 Å². The molecule has 3 aromatic rings. The molecule has 1 aromatic heterocycles. The first-order valence-corrected chi connectivity index (χ1v) is 11.4. The lowest BCUT2D eigenvalue weighted by Crippen LogP contribution is -2.45. The van der Waals surface area contributed by atoms with Crippen molar-refractivity contribution in [3.05, 3.63) is 89.9 Å². The van der Waals surface area contributed by atoms with E-state index in [1.165, 1.54) is 18.2 Å². The van der Waals surface area contributed by atoms with Crippen molar-refractivity contribution in [2.75, 3.05) is 5.32 Å². The molecule has 0 bridgehead atoms. The highest BCUT2D eigenvalue weighted by Gasteiger charge is 2.22. The number of pyridine rings is 1. The molecular formula is C21H17ClFN3O4S. The number of nitrogens with one attached hydrogen (secondary N) is 2. The van der Waals surface area contributed by atoms with Gasteiger partial charge in [-0.3, -0.25) is 9.59 Å². The number of benzene rings is 2. The number of carbonyl (C=O) groups excluding carboxylic acids is 2. The van der Waals surface area contributed by atoms with Crippen molar-refractivity contribution in [1.29, 1.82) is 0 Å². The van der Waals surface area contributed by atoms with Gasteiger partial charge in [-0.25, -0.2) is 17.8 Å². The normalized spacial score (nSPS) is 12.1. The smallest absolute Gasteiger partial charge is 0.278 e. The van der Waals surface area contributed by atoms with Crippen LogP contribution in [-0.2, 0) is 20.3 Å². The highest BCUT2D eigenvalue weighted by Crippen LogP contribution is 2.15. The van der Waals surface area contributed by atoms with Gasteiger partial charge in [-0.1, -0.05) is 30.3 Å². The molecule has 0 aliphatic heterocycles. The molecule has 31 heavy (non-hydrogen) atoms. The SMILES string of the molecule is O=C(N[C@@H](Cc1ccccc1)C(=O)Nc1ccc(S(=O)(=O)Cl)nc1)c1ccc(F)cc1. The Morgan fingerprint density at radius 1 is 1.00 bits per heavy atom. The Kier molecular flexibility index (Phi) is 6.98. The summed E-state index contributed by atoms with van der Waals surface area (Å²) in [6.07, 6.45) is 1.34. The molecule has 2 aromatic carbocycles. The van der Waals surface area contributed by atoms with Crippen LogP contribution in [0.5, 0.6) is 0 Å². The van der Waals surface area contributed by atoms with Crippen LogP contribution in [0.4, 0.5) is 10.1 Å². The lowest BCUT2D eigenvalue weighted by atomic mass is 10.0. The van der Waals surface area contributed by atoms with Crippen LogP contribution in [0.2, 0.25) is 0 Å². The maximum absolute atomic E-state index is 13.1. The third-order valence-electron chi connectivity index (χ3n) is 4.26. The zero-order valence-electron chi connectivity index (χ0n) is 16.0. The van der Waals surface area contributed by atoms with Crippen molar-refractivity contribution >= 4 is 37.2 Å². The molecular weight excluding hydrogens is 445 g/mol. The van der Waals surface area contributed by atoms with Gasteiger partial charge in [0.2, 0.25) is 5.91 Å². The van der Waals surface area contributed by atoms with Crippen LogP contribution in [0, 0.1) is 5.82 Å². The van der Waals surface area contributed by atoms with E-state index < -0.39 is 32.7 Å². The molecule has 2 amide bonds. The second-order valence-corrected chi connectivity index (χ2v) is 9.05. The fraction of sp³-hybridized carbons (Fsp3) is 0.0952. The van der Waals surface area contributed by atoms with E-state index in [4.69, 9.17) is 10.7 Å². The summed E-state index contributed by atoms with van der Waals surface area (Å²) >= 11 is 0. The lowest BCUT2D eigenvalue weighted by Gasteiger charge is -2.19. The summed E-state index contributed by atoms with van der Waals surface area (Å²) in [4.78, 5) is 29.1. The van der Waals surface area contributed by atoms with Crippen LogP contribution < -0.4 is 10.6 Å². The third-order valence-corrected chi connectivity index (χ3v) is 5.48. The minimum atomic E-state index is -3.99.